The molecule has 0 atom stereocenters. The summed E-state index contributed by atoms with van der Waals surface area (Å²) in [6, 6.07) is 20.2. The van der Waals surface area contributed by atoms with Gasteiger partial charge in [-0.3, -0.25) is 9.59 Å². The van der Waals surface area contributed by atoms with Crippen LogP contribution in [0.15, 0.2) is 70.3 Å². The summed E-state index contributed by atoms with van der Waals surface area (Å²) in [5.74, 6) is 0. The molecule has 4 heteroatoms. The molecule has 0 aliphatic carbocycles. The Morgan fingerprint density at radius 3 is 1.28 bits per heavy atom. The van der Waals surface area contributed by atoms with Gasteiger partial charge in [0.1, 0.15) is 0 Å². The van der Waals surface area contributed by atoms with Gasteiger partial charge in [0, 0.05) is 34.6 Å². The van der Waals surface area contributed by atoms with Gasteiger partial charge in [0.05, 0.1) is 11.0 Å². The number of hydrogen-bond acceptors (Lipinski definition) is 2. The molecule has 36 heavy (non-hydrogen) atoms. The zero-order valence-electron chi connectivity index (χ0n) is 21.6. The topological polar surface area (TPSA) is 44.0 Å². The Bertz CT molecular complexity index is 1530. The van der Waals surface area contributed by atoms with E-state index in [9.17, 15) is 9.59 Å². The van der Waals surface area contributed by atoms with E-state index in [1.807, 2.05) is 57.7 Å². The molecule has 2 aromatic heterocycles. The van der Waals surface area contributed by atoms with Crippen molar-refractivity contribution in [2.45, 2.75) is 78.3 Å². The van der Waals surface area contributed by atoms with Gasteiger partial charge in [-0.1, -0.05) is 88.8 Å². The van der Waals surface area contributed by atoms with Gasteiger partial charge in [-0.2, -0.15) is 0 Å². The number of hydrogen-bond donors (Lipinski definition) is 0. The Hall–Kier alpha value is -3.40. The number of aromatic nitrogens is 2. The van der Waals surface area contributed by atoms with Crippen molar-refractivity contribution in [3.8, 4) is 0 Å². The van der Waals surface area contributed by atoms with Crippen molar-refractivity contribution < 1.29 is 0 Å². The molecule has 0 spiro atoms. The highest BCUT2D eigenvalue weighted by atomic mass is 16.1. The van der Waals surface area contributed by atoms with E-state index >= 15 is 0 Å². The zero-order valence-corrected chi connectivity index (χ0v) is 21.6. The monoisotopic (exact) mass is 480 g/mol. The third-order valence-corrected chi connectivity index (χ3v) is 7.55. The SMILES string of the molecule is CCCCCCn1c(=O)c2ccccc2c2cc3c(cc21)c1ccccc1c(=O)n3CCCCCC. The number of fused-ring (bicyclic) bond motifs is 6. The van der Waals surface area contributed by atoms with E-state index in [4.69, 9.17) is 0 Å². The molecule has 0 saturated carbocycles. The molecule has 0 fully saturated rings. The fourth-order valence-corrected chi connectivity index (χ4v) is 5.61. The van der Waals surface area contributed by atoms with Crippen LogP contribution in [0.1, 0.15) is 65.2 Å². The molecular formula is C32H36N2O2. The van der Waals surface area contributed by atoms with Crippen molar-refractivity contribution in [1.29, 1.82) is 0 Å². The van der Waals surface area contributed by atoms with Crippen LogP contribution in [0.3, 0.4) is 0 Å². The molecule has 0 aliphatic rings. The summed E-state index contributed by atoms with van der Waals surface area (Å²) in [5.41, 5.74) is 2.07. The minimum atomic E-state index is 0.0751. The van der Waals surface area contributed by atoms with Crippen LogP contribution in [0.25, 0.3) is 43.4 Å². The fraction of sp³-hybridized carbons (Fsp3) is 0.375. The Labute approximate surface area is 212 Å². The normalized spacial score (nSPS) is 11.8. The standard InChI is InChI=1S/C32H36N2O2/c1-3-5-7-13-19-33-29-21-28-24-16-10-12-18-26(24)32(36)34(20-14-8-6-4-2)30(28)22-27(29)23-15-9-11-17-25(23)31(33)35/h9-12,15-18,21-22H,3-8,13-14,19-20H2,1-2H3. The van der Waals surface area contributed by atoms with Crippen molar-refractivity contribution in [1.82, 2.24) is 9.13 Å². The largest absolute Gasteiger partial charge is 0.308 e. The number of pyridine rings is 2. The summed E-state index contributed by atoms with van der Waals surface area (Å²) in [5, 5.41) is 5.51. The summed E-state index contributed by atoms with van der Waals surface area (Å²) >= 11 is 0. The maximum absolute atomic E-state index is 13.6. The predicted molar refractivity (Wildman–Crippen MR) is 153 cm³/mol. The summed E-state index contributed by atoms with van der Waals surface area (Å²) in [6.45, 7) is 5.83. The van der Waals surface area contributed by atoms with Crippen molar-refractivity contribution in [2.75, 3.05) is 0 Å². The highest BCUT2D eigenvalue weighted by Gasteiger charge is 2.16. The first-order valence-electron chi connectivity index (χ1n) is 13.7. The van der Waals surface area contributed by atoms with Crippen molar-refractivity contribution in [3.63, 3.8) is 0 Å². The third kappa shape index (κ3) is 4.34. The van der Waals surface area contributed by atoms with E-state index in [1.165, 1.54) is 25.7 Å². The highest BCUT2D eigenvalue weighted by Crippen LogP contribution is 2.31. The lowest BCUT2D eigenvalue weighted by Gasteiger charge is -2.18. The molecule has 0 bridgehead atoms. The van der Waals surface area contributed by atoms with Gasteiger partial charge in [-0.25, -0.2) is 0 Å². The Kier molecular flexibility index (Phi) is 7.22. The first-order valence-corrected chi connectivity index (χ1v) is 13.7. The minimum Gasteiger partial charge on any atom is -0.308 e. The lowest BCUT2D eigenvalue weighted by molar-refractivity contribution is 0.583. The molecule has 0 radical (unpaired) electrons. The molecule has 4 nitrogen and oxygen atoms in total. The average Bonchev–Trinajstić information content (AvgIpc) is 2.91. The van der Waals surface area contributed by atoms with Gasteiger partial charge in [0.15, 0.2) is 0 Å². The Morgan fingerprint density at radius 2 is 0.889 bits per heavy atom. The Morgan fingerprint density at radius 1 is 0.500 bits per heavy atom. The lowest BCUT2D eigenvalue weighted by Crippen LogP contribution is -2.23. The van der Waals surface area contributed by atoms with Gasteiger partial charge in [0.25, 0.3) is 11.1 Å². The minimum absolute atomic E-state index is 0.0751. The van der Waals surface area contributed by atoms with Crippen LogP contribution < -0.4 is 11.1 Å². The summed E-state index contributed by atoms with van der Waals surface area (Å²) in [6.07, 6.45) is 8.89. The second kappa shape index (κ2) is 10.7. The second-order valence-electron chi connectivity index (χ2n) is 10.0. The van der Waals surface area contributed by atoms with E-state index in [1.54, 1.807) is 0 Å². The van der Waals surface area contributed by atoms with Crippen LogP contribution in [0.4, 0.5) is 0 Å². The molecule has 0 N–H and O–H groups in total. The summed E-state index contributed by atoms with van der Waals surface area (Å²) < 4.78 is 3.94. The van der Waals surface area contributed by atoms with E-state index in [0.717, 1.165) is 69.0 Å². The van der Waals surface area contributed by atoms with E-state index in [0.29, 0.717) is 13.1 Å². The second-order valence-corrected chi connectivity index (χ2v) is 10.0. The van der Waals surface area contributed by atoms with Crippen LogP contribution >= 0.6 is 0 Å². The molecule has 5 aromatic rings. The molecule has 0 aliphatic heterocycles. The quantitative estimate of drug-likeness (QED) is 0.116. The van der Waals surface area contributed by atoms with Crippen molar-refractivity contribution in [2.24, 2.45) is 0 Å². The van der Waals surface area contributed by atoms with E-state index in [-0.39, 0.29) is 11.1 Å². The predicted octanol–water partition coefficient (Wildman–Crippen LogP) is 7.78. The van der Waals surface area contributed by atoms with Gasteiger partial charge in [-0.15, -0.1) is 0 Å². The third-order valence-electron chi connectivity index (χ3n) is 7.55. The van der Waals surface area contributed by atoms with Crippen LogP contribution in [0.2, 0.25) is 0 Å². The molecule has 5 rings (SSSR count). The summed E-state index contributed by atoms with van der Waals surface area (Å²) in [4.78, 5) is 27.3. The molecule has 0 unspecified atom stereocenters. The molecule has 3 aromatic carbocycles. The number of unbranched alkanes of at least 4 members (excludes halogenated alkanes) is 6. The van der Waals surface area contributed by atoms with Crippen molar-refractivity contribution >= 4 is 43.4 Å². The zero-order chi connectivity index (χ0) is 25.1. The molecule has 2 heterocycles. The number of benzene rings is 3. The van der Waals surface area contributed by atoms with Crippen LogP contribution in [0, 0.1) is 0 Å². The molecular weight excluding hydrogens is 444 g/mol. The maximum atomic E-state index is 13.6. The Balaban J connectivity index is 1.83. The first-order chi connectivity index (χ1) is 17.7. The van der Waals surface area contributed by atoms with E-state index < -0.39 is 0 Å². The fourth-order valence-electron chi connectivity index (χ4n) is 5.61. The number of rotatable bonds is 10. The number of nitrogens with zero attached hydrogens (tertiary/aromatic N) is 2. The lowest BCUT2D eigenvalue weighted by atomic mass is 10.00. The van der Waals surface area contributed by atoms with Crippen LogP contribution in [-0.4, -0.2) is 9.13 Å². The smallest absolute Gasteiger partial charge is 0.258 e. The van der Waals surface area contributed by atoms with E-state index in [2.05, 4.69) is 26.0 Å². The molecule has 186 valence electrons. The van der Waals surface area contributed by atoms with Gasteiger partial charge >= 0.3 is 0 Å². The van der Waals surface area contributed by atoms with Crippen LogP contribution in [0.5, 0.6) is 0 Å². The average molecular weight is 481 g/mol. The molecule has 0 saturated heterocycles. The van der Waals surface area contributed by atoms with Gasteiger partial charge < -0.3 is 9.13 Å². The molecule has 0 amide bonds. The van der Waals surface area contributed by atoms with Crippen molar-refractivity contribution in [3.05, 3.63) is 81.4 Å². The van der Waals surface area contributed by atoms with Gasteiger partial charge in [-0.05, 0) is 47.9 Å². The summed E-state index contributed by atoms with van der Waals surface area (Å²) in [7, 11) is 0. The van der Waals surface area contributed by atoms with Crippen LogP contribution in [-0.2, 0) is 13.1 Å². The first kappa shape index (κ1) is 24.3. The highest BCUT2D eigenvalue weighted by molar-refractivity contribution is 6.15. The number of aryl methyl sites for hydroxylation is 2. The maximum Gasteiger partial charge on any atom is 0.258 e. The van der Waals surface area contributed by atoms with Gasteiger partial charge in [0.2, 0.25) is 0 Å².